The molecule has 0 aromatic carbocycles. The van der Waals surface area contributed by atoms with Crippen molar-refractivity contribution in [3.05, 3.63) is 36.6 Å². The first kappa shape index (κ1) is 8.08. The predicted octanol–water partition coefficient (Wildman–Crippen LogP) is 0.887. The van der Waals surface area contributed by atoms with Crippen LogP contribution in [0.3, 0.4) is 0 Å². The summed E-state index contributed by atoms with van der Waals surface area (Å²) in [6.45, 7) is 2.59. The van der Waals surface area contributed by atoms with Crippen molar-refractivity contribution in [2.24, 2.45) is 5.73 Å². The molecule has 0 unspecified atom stereocenters. The van der Waals surface area contributed by atoms with E-state index < -0.39 is 0 Å². The molecule has 0 spiro atoms. The van der Waals surface area contributed by atoms with Crippen LogP contribution >= 0.6 is 0 Å². The standard InChI is InChI=1S/C9H14N2/c10-6-2-5-9-11-7-3-1-4-8-11/h1-5,7H,6,8-10H2. The van der Waals surface area contributed by atoms with E-state index in [4.69, 9.17) is 5.73 Å². The highest BCUT2D eigenvalue weighted by Crippen LogP contribution is 1.97. The number of nitrogens with zero attached hydrogens (tertiary/aromatic N) is 1. The van der Waals surface area contributed by atoms with Gasteiger partial charge in [-0.2, -0.15) is 0 Å². The van der Waals surface area contributed by atoms with Crippen LogP contribution in [-0.2, 0) is 0 Å². The zero-order chi connectivity index (χ0) is 7.94. The average molecular weight is 150 g/mol. The van der Waals surface area contributed by atoms with Gasteiger partial charge in [0.25, 0.3) is 0 Å². The van der Waals surface area contributed by atoms with Crippen LogP contribution in [0.5, 0.6) is 0 Å². The third-order valence-electron chi connectivity index (χ3n) is 1.53. The SMILES string of the molecule is NCC=CCN1C=CC=CC1. The van der Waals surface area contributed by atoms with Gasteiger partial charge in [0.15, 0.2) is 0 Å². The molecule has 1 rings (SSSR count). The van der Waals surface area contributed by atoms with E-state index in [0.717, 1.165) is 13.1 Å². The molecule has 1 aliphatic heterocycles. The molecule has 0 bridgehead atoms. The Bertz CT molecular complexity index is 180. The highest BCUT2D eigenvalue weighted by Gasteiger charge is 1.94. The summed E-state index contributed by atoms with van der Waals surface area (Å²) in [6, 6.07) is 0. The van der Waals surface area contributed by atoms with Crippen molar-refractivity contribution in [2.45, 2.75) is 0 Å². The summed E-state index contributed by atoms with van der Waals surface area (Å²) in [4.78, 5) is 2.21. The van der Waals surface area contributed by atoms with Crippen LogP contribution in [0.4, 0.5) is 0 Å². The molecule has 1 aliphatic rings. The van der Waals surface area contributed by atoms with Gasteiger partial charge in [0.2, 0.25) is 0 Å². The lowest BCUT2D eigenvalue weighted by atomic mass is 10.3. The Kier molecular flexibility index (Phi) is 3.48. The molecule has 0 atom stereocenters. The Balaban J connectivity index is 2.22. The lowest BCUT2D eigenvalue weighted by Gasteiger charge is -2.17. The van der Waals surface area contributed by atoms with Crippen molar-refractivity contribution in [1.29, 1.82) is 0 Å². The summed E-state index contributed by atoms with van der Waals surface area (Å²) >= 11 is 0. The molecule has 2 nitrogen and oxygen atoms in total. The Hall–Kier alpha value is -1.02. The summed E-state index contributed by atoms with van der Waals surface area (Å²) in [5.41, 5.74) is 5.31. The Morgan fingerprint density at radius 2 is 2.27 bits per heavy atom. The molecule has 0 saturated heterocycles. The van der Waals surface area contributed by atoms with Crippen molar-refractivity contribution >= 4 is 0 Å². The third-order valence-corrected chi connectivity index (χ3v) is 1.53. The van der Waals surface area contributed by atoms with Gasteiger partial charge in [0.05, 0.1) is 0 Å². The van der Waals surface area contributed by atoms with E-state index in [1.165, 1.54) is 0 Å². The zero-order valence-corrected chi connectivity index (χ0v) is 6.61. The van der Waals surface area contributed by atoms with Crippen molar-refractivity contribution < 1.29 is 0 Å². The molecule has 0 aliphatic carbocycles. The van der Waals surface area contributed by atoms with E-state index in [1.54, 1.807) is 0 Å². The number of rotatable bonds is 3. The van der Waals surface area contributed by atoms with Crippen molar-refractivity contribution in [3.8, 4) is 0 Å². The molecule has 0 amide bonds. The van der Waals surface area contributed by atoms with E-state index >= 15 is 0 Å². The molecule has 0 fully saturated rings. The minimum absolute atomic E-state index is 0.632. The summed E-state index contributed by atoms with van der Waals surface area (Å²) < 4.78 is 0. The number of hydrogen-bond acceptors (Lipinski definition) is 2. The van der Waals surface area contributed by atoms with Crippen LogP contribution < -0.4 is 5.73 Å². The van der Waals surface area contributed by atoms with E-state index in [2.05, 4.69) is 29.3 Å². The van der Waals surface area contributed by atoms with Crippen LogP contribution in [-0.4, -0.2) is 24.5 Å². The maximum Gasteiger partial charge on any atom is 0.0360 e. The molecule has 60 valence electrons. The quantitative estimate of drug-likeness (QED) is 0.605. The second kappa shape index (κ2) is 4.74. The summed E-state index contributed by atoms with van der Waals surface area (Å²) in [5, 5.41) is 0. The van der Waals surface area contributed by atoms with Crippen LogP contribution in [0.25, 0.3) is 0 Å². The third kappa shape index (κ3) is 3.05. The van der Waals surface area contributed by atoms with E-state index in [0.29, 0.717) is 6.54 Å². The fourth-order valence-corrected chi connectivity index (χ4v) is 0.949. The maximum atomic E-state index is 5.31. The molecule has 11 heavy (non-hydrogen) atoms. The maximum absolute atomic E-state index is 5.31. The molecule has 0 aromatic rings. The van der Waals surface area contributed by atoms with Gasteiger partial charge < -0.3 is 10.6 Å². The molecule has 2 heteroatoms. The predicted molar refractivity (Wildman–Crippen MR) is 48.0 cm³/mol. The molecule has 0 saturated carbocycles. The van der Waals surface area contributed by atoms with E-state index in [1.807, 2.05) is 12.2 Å². The fourth-order valence-electron chi connectivity index (χ4n) is 0.949. The first-order valence-corrected chi connectivity index (χ1v) is 3.86. The topological polar surface area (TPSA) is 29.3 Å². The Morgan fingerprint density at radius 3 is 2.91 bits per heavy atom. The zero-order valence-electron chi connectivity index (χ0n) is 6.61. The van der Waals surface area contributed by atoms with Crippen molar-refractivity contribution in [1.82, 2.24) is 4.90 Å². The first-order chi connectivity index (χ1) is 5.43. The fraction of sp³-hybridized carbons (Fsp3) is 0.333. The minimum atomic E-state index is 0.632. The summed E-state index contributed by atoms with van der Waals surface area (Å²) in [5.74, 6) is 0. The van der Waals surface area contributed by atoms with E-state index in [-0.39, 0.29) is 0 Å². The molecule has 0 aromatic heterocycles. The highest BCUT2D eigenvalue weighted by molar-refractivity contribution is 5.09. The van der Waals surface area contributed by atoms with Gasteiger partial charge in [-0.05, 0) is 12.3 Å². The normalized spacial score (nSPS) is 16.6. The molecule has 2 N–H and O–H groups in total. The van der Waals surface area contributed by atoms with Crippen molar-refractivity contribution in [2.75, 3.05) is 19.6 Å². The van der Waals surface area contributed by atoms with Gasteiger partial charge in [-0.1, -0.05) is 24.3 Å². The van der Waals surface area contributed by atoms with Crippen LogP contribution in [0.2, 0.25) is 0 Å². The van der Waals surface area contributed by atoms with E-state index in [9.17, 15) is 0 Å². The van der Waals surface area contributed by atoms with Crippen LogP contribution in [0.1, 0.15) is 0 Å². The summed E-state index contributed by atoms with van der Waals surface area (Å²) in [6.07, 6.45) is 12.4. The molecule has 1 heterocycles. The molecule has 0 radical (unpaired) electrons. The smallest absolute Gasteiger partial charge is 0.0360 e. The lowest BCUT2D eigenvalue weighted by molar-refractivity contribution is 0.457. The number of nitrogens with two attached hydrogens (primary N) is 1. The number of hydrogen-bond donors (Lipinski definition) is 1. The van der Waals surface area contributed by atoms with Gasteiger partial charge >= 0.3 is 0 Å². The van der Waals surface area contributed by atoms with Gasteiger partial charge in [-0.25, -0.2) is 0 Å². The first-order valence-electron chi connectivity index (χ1n) is 3.86. The molecular formula is C9H14N2. The van der Waals surface area contributed by atoms with Crippen molar-refractivity contribution in [3.63, 3.8) is 0 Å². The minimum Gasteiger partial charge on any atom is -0.370 e. The van der Waals surface area contributed by atoms with Gasteiger partial charge in [0, 0.05) is 19.6 Å². The average Bonchev–Trinajstić information content (AvgIpc) is 2.07. The van der Waals surface area contributed by atoms with Gasteiger partial charge in [-0.15, -0.1) is 0 Å². The summed E-state index contributed by atoms with van der Waals surface area (Å²) in [7, 11) is 0. The van der Waals surface area contributed by atoms with Gasteiger partial charge in [0.1, 0.15) is 0 Å². The Morgan fingerprint density at radius 1 is 1.36 bits per heavy atom. The largest absolute Gasteiger partial charge is 0.370 e. The highest BCUT2D eigenvalue weighted by atomic mass is 15.1. The van der Waals surface area contributed by atoms with Gasteiger partial charge in [-0.3, -0.25) is 0 Å². The Labute approximate surface area is 67.7 Å². The second-order valence-electron chi connectivity index (χ2n) is 2.43. The monoisotopic (exact) mass is 150 g/mol. The number of allylic oxidation sites excluding steroid dienone is 2. The molecular weight excluding hydrogens is 136 g/mol. The van der Waals surface area contributed by atoms with Crippen LogP contribution in [0, 0.1) is 0 Å². The second-order valence-corrected chi connectivity index (χ2v) is 2.43. The lowest BCUT2D eigenvalue weighted by Crippen LogP contribution is -2.18. The van der Waals surface area contributed by atoms with Crippen LogP contribution in [0.15, 0.2) is 36.6 Å².